The van der Waals surface area contributed by atoms with E-state index in [0.29, 0.717) is 16.1 Å². The molecule has 1 aromatic heterocycles. The Morgan fingerprint density at radius 1 is 0.889 bits per heavy atom. The van der Waals surface area contributed by atoms with Gasteiger partial charge >= 0.3 is 12.1 Å². The first-order valence-electron chi connectivity index (χ1n) is 10.1. The van der Waals surface area contributed by atoms with Crippen molar-refractivity contribution in [2.24, 2.45) is 0 Å². The van der Waals surface area contributed by atoms with E-state index in [4.69, 9.17) is 48.7 Å². The Morgan fingerprint density at radius 2 is 1.56 bits per heavy atom. The van der Waals surface area contributed by atoms with Crippen LogP contribution in [0.5, 0.6) is 17.2 Å². The van der Waals surface area contributed by atoms with Gasteiger partial charge in [0.15, 0.2) is 0 Å². The molecule has 0 aliphatic rings. The Morgan fingerprint density at radius 3 is 2.17 bits per heavy atom. The molecule has 186 valence electrons. The van der Waals surface area contributed by atoms with Crippen molar-refractivity contribution in [2.75, 3.05) is 0 Å². The lowest BCUT2D eigenvalue weighted by atomic mass is 10.1. The van der Waals surface area contributed by atoms with Gasteiger partial charge in [-0.25, -0.2) is 4.79 Å². The van der Waals surface area contributed by atoms with Gasteiger partial charge in [0.2, 0.25) is 11.2 Å². The van der Waals surface area contributed by atoms with Crippen molar-refractivity contribution >= 4 is 51.7 Å². The molecule has 0 bridgehead atoms. The summed E-state index contributed by atoms with van der Waals surface area (Å²) in [6.45, 7) is 3.30. The highest BCUT2D eigenvalue weighted by molar-refractivity contribution is 6.42. The molecular weight excluding hydrogens is 544 g/mol. The summed E-state index contributed by atoms with van der Waals surface area (Å²) in [5.74, 6) is -3.69. The summed E-state index contributed by atoms with van der Waals surface area (Å²) in [7, 11) is 0. The molecule has 0 fully saturated rings. The Kier molecular flexibility index (Phi) is 6.96. The molecule has 0 aliphatic carbocycles. The molecule has 11 heteroatoms. The molecule has 0 N–H and O–H groups in total. The Hall–Kier alpha value is -3.20. The highest BCUT2D eigenvalue weighted by Crippen LogP contribution is 2.39. The first kappa shape index (κ1) is 25.9. The molecule has 0 saturated carbocycles. The minimum absolute atomic E-state index is 0.0151. The van der Waals surface area contributed by atoms with Gasteiger partial charge in [-0.1, -0.05) is 34.8 Å². The van der Waals surface area contributed by atoms with Crippen LogP contribution in [0.3, 0.4) is 0 Å². The molecule has 3 aromatic carbocycles. The number of aryl methyl sites for hydroxylation is 2. The van der Waals surface area contributed by atoms with E-state index in [9.17, 15) is 22.8 Å². The summed E-state index contributed by atoms with van der Waals surface area (Å²) >= 11 is 17.8. The summed E-state index contributed by atoms with van der Waals surface area (Å²) in [5.41, 5.74) is -0.351. The normalized spacial score (nSPS) is 11.6. The number of ether oxygens (including phenoxy) is 2. The molecule has 0 aliphatic heterocycles. The van der Waals surface area contributed by atoms with Crippen molar-refractivity contribution in [3.05, 3.63) is 96.3 Å². The molecule has 0 spiro atoms. The van der Waals surface area contributed by atoms with Crippen LogP contribution in [-0.2, 0) is 6.18 Å². The van der Waals surface area contributed by atoms with Crippen LogP contribution in [0.1, 0.15) is 27.2 Å². The second kappa shape index (κ2) is 9.69. The minimum atomic E-state index is -5.06. The second-order valence-corrected chi connectivity index (χ2v) is 8.93. The van der Waals surface area contributed by atoms with Gasteiger partial charge in [0.25, 0.3) is 5.76 Å². The highest BCUT2D eigenvalue weighted by atomic mass is 35.5. The number of hydrogen-bond donors (Lipinski definition) is 0. The summed E-state index contributed by atoms with van der Waals surface area (Å²) < 4.78 is 57.2. The van der Waals surface area contributed by atoms with Crippen LogP contribution in [-0.4, -0.2) is 5.97 Å². The van der Waals surface area contributed by atoms with E-state index in [0.717, 1.165) is 6.07 Å². The predicted octanol–water partition coefficient (Wildman–Crippen LogP) is 8.40. The van der Waals surface area contributed by atoms with Crippen molar-refractivity contribution in [2.45, 2.75) is 20.0 Å². The number of fused-ring (bicyclic) bond motifs is 1. The molecule has 0 unspecified atom stereocenters. The smallest absolute Gasteiger partial charge is 0.449 e. The van der Waals surface area contributed by atoms with Gasteiger partial charge < -0.3 is 13.9 Å². The third kappa shape index (κ3) is 5.16. The lowest BCUT2D eigenvalue weighted by Crippen LogP contribution is -2.16. The quantitative estimate of drug-likeness (QED) is 0.186. The van der Waals surface area contributed by atoms with Gasteiger partial charge in [-0.3, -0.25) is 4.79 Å². The zero-order valence-corrected chi connectivity index (χ0v) is 20.7. The number of carbonyl (C=O) groups is 1. The number of benzene rings is 3. The van der Waals surface area contributed by atoms with Crippen molar-refractivity contribution in [1.82, 2.24) is 0 Å². The Bertz CT molecular complexity index is 1560. The zero-order chi connectivity index (χ0) is 26.4. The SMILES string of the molecule is Cc1cc(Oc2c(C(F)(F)F)oc3cc(OC(=O)c4ccc(Cl)c(Cl)c4)ccc3c2=O)cc(C)c1Cl. The van der Waals surface area contributed by atoms with E-state index in [1.165, 1.54) is 42.5 Å². The molecule has 36 heavy (non-hydrogen) atoms. The van der Waals surface area contributed by atoms with E-state index < -0.39 is 34.7 Å². The summed E-state index contributed by atoms with van der Waals surface area (Å²) in [4.78, 5) is 25.4. The predicted molar refractivity (Wildman–Crippen MR) is 130 cm³/mol. The van der Waals surface area contributed by atoms with Gasteiger partial charge in [-0.2, -0.15) is 13.2 Å². The van der Waals surface area contributed by atoms with E-state index in [-0.39, 0.29) is 32.5 Å². The molecule has 4 aromatic rings. The number of alkyl halides is 3. The van der Waals surface area contributed by atoms with E-state index in [1.807, 2.05) is 0 Å². The van der Waals surface area contributed by atoms with Gasteiger partial charge in [-0.15, -0.1) is 0 Å². The van der Waals surface area contributed by atoms with Crippen LogP contribution in [0.25, 0.3) is 11.0 Å². The number of rotatable bonds is 4. The Labute approximate surface area is 216 Å². The first-order valence-corrected chi connectivity index (χ1v) is 11.3. The molecule has 0 radical (unpaired) electrons. The summed E-state index contributed by atoms with van der Waals surface area (Å²) in [5, 5.41) is 0.549. The maximum absolute atomic E-state index is 13.8. The second-order valence-electron chi connectivity index (χ2n) is 7.74. The number of hydrogen-bond acceptors (Lipinski definition) is 5. The third-order valence-corrected chi connectivity index (χ3v) is 6.41. The van der Waals surface area contributed by atoms with Crippen LogP contribution in [0.15, 0.2) is 57.7 Å². The molecule has 4 rings (SSSR count). The molecule has 0 saturated heterocycles. The van der Waals surface area contributed by atoms with Crippen LogP contribution >= 0.6 is 34.8 Å². The molecule has 0 amide bonds. The monoisotopic (exact) mass is 556 g/mol. The minimum Gasteiger partial charge on any atom is -0.449 e. The molecule has 0 atom stereocenters. The fraction of sp³-hybridized carbons (Fsp3) is 0.120. The summed E-state index contributed by atoms with van der Waals surface area (Å²) in [6, 6.07) is 10.3. The third-order valence-electron chi connectivity index (χ3n) is 5.08. The van der Waals surface area contributed by atoms with Gasteiger partial charge in [0.1, 0.15) is 17.1 Å². The van der Waals surface area contributed by atoms with E-state index in [1.54, 1.807) is 13.8 Å². The highest BCUT2D eigenvalue weighted by Gasteiger charge is 2.40. The van der Waals surface area contributed by atoms with Crippen molar-refractivity contribution < 1.29 is 31.9 Å². The lowest BCUT2D eigenvalue weighted by molar-refractivity contribution is -0.154. The number of halogens is 6. The van der Waals surface area contributed by atoms with E-state index >= 15 is 0 Å². The maximum atomic E-state index is 13.8. The summed E-state index contributed by atoms with van der Waals surface area (Å²) in [6.07, 6.45) is -5.06. The van der Waals surface area contributed by atoms with Gasteiger partial charge in [0.05, 0.1) is 21.0 Å². The molecular formula is C25H14Cl3F3O5. The van der Waals surface area contributed by atoms with Crippen molar-refractivity contribution in [1.29, 1.82) is 0 Å². The lowest BCUT2D eigenvalue weighted by Gasteiger charge is -2.15. The van der Waals surface area contributed by atoms with E-state index in [2.05, 4.69) is 0 Å². The van der Waals surface area contributed by atoms with Crippen LogP contribution in [0.4, 0.5) is 13.2 Å². The average molecular weight is 558 g/mol. The fourth-order valence-electron chi connectivity index (χ4n) is 3.37. The number of esters is 1. The van der Waals surface area contributed by atoms with Crippen LogP contribution in [0, 0.1) is 13.8 Å². The van der Waals surface area contributed by atoms with Crippen LogP contribution in [0.2, 0.25) is 15.1 Å². The molecule has 1 heterocycles. The Balaban J connectivity index is 1.76. The standard InChI is InChI=1S/C25H14Cl3F3O5/c1-11-7-15(8-12(2)20(11)28)34-22-21(32)16-5-4-14(10-19(16)36-23(22)25(29,30)31)35-24(33)13-3-6-17(26)18(27)9-13/h3-10H,1-2H3. The maximum Gasteiger partial charge on any atom is 0.453 e. The van der Waals surface area contributed by atoms with Crippen LogP contribution < -0.4 is 14.9 Å². The fourth-order valence-corrected chi connectivity index (χ4v) is 3.78. The average Bonchev–Trinajstić information content (AvgIpc) is 2.80. The van der Waals surface area contributed by atoms with Crippen molar-refractivity contribution in [3.63, 3.8) is 0 Å². The first-order chi connectivity index (χ1) is 16.8. The van der Waals surface area contributed by atoms with Gasteiger partial charge in [-0.05, 0) is 67.4 Å². The van der Waals surface area contributed by atoms with Gasteiger partial charge in [0, 0.05) is 11.1 Å². The zero-order valence-electron chi connectivity index (χ0n) is 18.4. The molecule has 5 nitrogen and oxygen atoms in total. The number of carbonyl (C=O) groups excluding carboxylic acids is 1. The largest absolute Gasteiger partial charge is 0.453 e. The topological polar surface area (TPSA) is 65.7 Å². The van der Waals surface area contributed by atoms with Crippen molar-refractivity contribution in [3.8, 4) is 17.2 Å².